The summed E-state index contributed by atoms with van der Waals surface area (Å²) in [6.07, 6.45) is -2.80. The summed E-state index contributed by atoms with van der Waals surface area (Å²) in [6, 6.07) is 9.37. The van der Waals surface area contributed by atoms with Crippen molar-refractivity contribution >= 4 is 27.4 Å². The smallest absolute Gasteiger partial charge is 0.337 e. The fourth-order valence-electron chi connectivity index (χ4n) is 1.55. The van der Waals surface area contributed by atoms with E-state index in [0.717, 1.165) is 10.1 Å². The molecule has 0 aliphatic rings. The van der Waals surface area contributed by atoms with Crippen molar-refractivity contribution in [1.29, 1.82) is 0 Å². The maximum Gasteiger partial charge on any atom is 0.337 e. The van der Waals surface area contributed by atoms with Gasteiger partial charge in [-0.15, -0.1) is 11.3 Å². The van der Waals surface area contributed by atoms with Gasteiger partial charge >= 0.3 is 5.97 Å². The number of hydrogen-bond donors (Lipinski definition) is 2. The van der Waals surface area contributed by atoms with Crippen LogP contribution in [0.3, 0.4) is 0 Å². The summed E-state index contributed by atoms with van der Waals surface area (Å²) in [6.45, 7) is 0. The Bertz CT molecular complexity index is 501. The summed E-state index contributed by atoms with van der Waals surface area (Å²) in [4.78, 5) is 11.7. The molecule has 0 aliphatic carbocycles. The van der Waals surface area contributed by atoms with Crippen LogP contribution in [0.2, 0.25) is 0 Å². The van der Waals surface area contributed by atoms with Crippen molar-refractivity contribution in [2.24, 2.45) is 0 Å². The molecule has 0 fully saturated rings. The minimum absolute atomic E-state index is 0.545. The molecule has 2 N–H and O–H groups in total. The second kappa shape index (κ2) is 4.83. The van der Waals surface area contributed by atoms with Crippen LogP contribution < -0.4 is 0 Å². The summed E-state index contributed by atoms with van der Waals surface area (Å²) in [5.74, 6) is -0.838. The molecule has 5 heteroatoms. The number of esters is 1. The lowest BCUT2D eigenvalue weighted by Gasteiger charge is -2.13. The zero-order valence-electron chi connectivity index (χ0n) is 9.16. The minimum atomic E-state index is -1.55. The number of hydrogen-bond acceptors (Lipinski definition) is 5. The first-order valence-electron chi connectivity index (χ1n) is 5.06. The number of ether oxygens (including phenoxy) is 1. The first-order valence-corrected chi connectivity index (χ1v) is 5.87. The third-order valence-electron chi connectivity index (χ3n) is 2.48. The molecular formula is C12H12O4S. The normalized spacial score (nSPS) is 14.5. The Balaban J connectivity index is 2.30. The molecule has 1 aromatic heterocycles. The summed E-state index contributed by atoms with van der Waals surface area (Å²) < 4.78 is 5.38. The molecule has 0 radical (unpaired) electrons. The van der Waals surface area contributed by atoms with Crippen molar-refractivity contribution in [3.05, 3.63) is 35.2 Å². The lowest BCUT2D eigenvalue weighted by Crippen LogP contribution is -2.28. The van der Waals surface area contributed by atoms with Gasteiger partial charge in [-0.3, -0.25) is 0 Å². The number of aliphatic hydroxyl groups is 2. The molecule has 1 heterocycles. The molecular weight excluding hydrogens is 240 g/mol. The van der Waals surface area contributed by atoms with Gasteiger partial charge < -0.3 is 14.9 Å². The van der Waals surface area contributed by atoms with Crippen LogP contribution in [0.1, 0.15) is 11.0 Å². The van der Waals surface area contributed by atoms with E-state index >= 15 is 0 Å². The van der Waals surface area contributed by atoms with Gasteiger partial charge in [0.05, 0.1) is 7.11 Å². The second-order valence-corrected chi connectivity index (χ2v) is 4.71. The molecule has 2 rings (SSSR count). The number of carbonyl (C=O) groups is 1. The summed E-state index contributed by atoms with van der Waals surface area (Å²) in [7, 11) is 1.17. The lowest BCUT2D eigenvalue weighted by molar-refractivity contribution is -0.156. The third-order valence-corrected chi connectivity index (χ3v) is 3.66. The first-order chi connectivity index (χ1) is 8.13. The molecule has 90 valence electrons. The Labute approximate surface area is 102 Å². The van der Waals surface area contributed by atoms with Gasteiger partial charge in [-0.25, -0.2) is 4.79 Å². The molecule has 0 bridgehead atoms. The largest absolute Gasteiger partial charge is 0.467 e. The molecule has 2 unspecified atom stereocenters. The number of rotatable bonds is 3. The quantitative estimate of drug-likeness (QED) is 0.812. The van der Waals surface area contributed by atoms with Crippen LogP contribution in [0, 0.1) is 0 Å². The van der Waals surface area contributed by atoms with Crippen molar-refractivity contribution in [2.45, 2.75) is 12.2 Å². The summed E-state index contributed by atoms with van der Waals surface area (Å²) >= 11 is 1.34. The van der Waals surface area contributed by atoms with E-state index in [2.05, 4.69) is 4.74 Å². The van der Waals surface area contributed by atoms with Gasteiger partial charge in [0.2, 0.25) is 0 Å². The molecule has 2 aromatic rings. The van der Waals surface area contributed by atoms with Crippen LogP contribution >= 0.6 is 11.3 Å². The monoisotopic (exact) mass is 252 g/mol. The van der Waals surface area contributed by atoms with Crippen LogP contribution in [0.5, 0.6) is 0 Å². The average Bonchev–Trinajstić information content (AvgIpc) is 2.79. The van der Waals surface area contributed by atoms with E-state index in [9.17, 15) is 15.0 Å². The predicted octanol–water partition coefficient (Wildman–Crippen LogP) is 1.47. The predicted molar refractivity (Wildman–Crippen MR) is 64.8 cm³/mol. The van der Waals surface area contributed by atoms with Crippen molar-refractivity contribution < 1.29 is 19.7 Å². The molecule has 0 aliphatic heterocycles. The topological polar surface area (TPSA) is 66.8 Å². The molecule has 17 heavy (non-hydrogen) atoms. The number of benzene rings is 1. The first kappa shape index (κ1) is 12.0. The number of aliphatic hydroxyl groups excluding tert-OH is 2. The van der Waals surface area contributed by atoms with E-state index in [1.165, 1.54) is 18.4 Å². The van der Waals surface area contributed by atoms with Crippen molar-refractivity contribution in [3.63, 3.8) is 0 Å². The van der Waals surface area contributed by atoms with Crippen molar-refractivity contribution in [3.8, 4) is 0 Å². The van der Waals surface area contributed by atoms with Crippen LogP contribution in [-0.4, -0.2) is 29.4 Å². The highest BCUT2D eigenvalue weighted by atomic mass is 32.1. The van der Waals surface area contributed by atoms with Gasteiger partial charge in [0.15, 0.2) is 6.10 Å². The van der Waals surface area contributed by atoms with Crippen molar-refractivity contribution in [1.82, 2.24) is 0 Å². The summed E-state index contributed by atoms with van der Waals surface area (Å²) in [5, 5.41) is 20.4. The highest BCUT2D eigenvalue weighted by Crippen LogP contribution is 2.31. The van der Waals surface area contributed by atoms with E-state index in [4.69, 9.17) is 0 Å². The number of methoxy groups -OCH3 is 1. The van der Waals surface area contributed by atoms with E-state index in [1.54, 1.807) is 6.07 Å². The molecule has 0 amide bonds. The fraction of sp³-hybridized carbons (Fsp3) is 0.250. The molecule has 0 saturated heterocycles. The number of carbonyl (C=O) groups excluding carboxylic acids is 1. The molecule has 2 atom stereocenters. The second-order valence-electron chi connectivity index (χ2n) is 3.60. The Morgan fingerprint density at radius 2 is 2.06 bits per heavy atom. The third kappa shape index (κ3) is 2.31. The van der Waals surface area contributed by atoms with Crippen LogP contribution in [0.15, 0.2) is 30.3 Å². The molecule has 4 nitrogen and oxygen atoms in total. The highest BCUT2D eigenvalue weighted by molar-refractivity contribution is 7.19. The Kier molecular flexibility index (Phi) is 3.42. The van der Waals surface area contributed by atoms with Gasteiger partial charge in [-0.1, -0.05) is 18.2 Å². The minimum Gasteiger partial charge on any atom is -0.467 e. The van der Waals surface area contributed by atoms with Crippen LogP contribution in [0.4, 0.5) is 0 Å². The summed E-state index contributed by atoms with van der Waals surface area (Å²) in [5.41, 5.74) is 0. The van der Waals surface area contributed by atoms with Gasteiger partial charge in [-0.2, -0.15) is 0 Å². The fourth-order valence-corrected chi connectivity index (χ4v) is 2.63. The standard InChI is InChI=1S/C12H12O4S/c1-16-12(15)11(14)10(13)9-6-7-4-2-3-5-8(7)17-9/h2-6,10-11,13-14H,1H3. The van der Waals surface area contributed by atoms with E-state index in [0.29, 0.717) is 4.88 Å². The zero-order chi connectivity index (χ0) is 12.4. The van der Waals surface area contributed by atoms with Gasteiger partial charge in [0.1, 0.15) is 6.10 Å². The Morgan fingerprint density at radius 3 is 2.71 bits per heavy atom. The Hall–Kier alpha value is -1.43. The number of thiophene rings is 1. The maximum absolute atomic E-state index is 11.1. The Morgan fingerprint density at radius 1 is 1.35 bits per heavy atom. The molecule has 0 saturated carbocycles. The van der Waals surface area contributed by atoms with Gasteiger partial charge in [0, 0.05) is 9.58 Å². The van der Waals surface area contributed by atoms with Crippen molar-refractivity contribution in [2.75, 3.05) is 7.11 Å². The van der Waals surface area contributed by atoms with Gasteiger partial charge in [0.25, 0.3) is 0 Å². The van der Waals surface area contributed by atoms with E-state index < -0.39 is 18.2 Å². The molecule has 1 aromatic carbocycles. The highest BCUT2D eigenvalue weighted by Gasteiger charge is 2.27. The van der Waals surface area contributed by atoms with Crippen LogP contribution in [0.25, 0.3) is 10.1 Å². The average molecular weight is 252 g/mol. The zero-order valence-corrected chi connectivity index (χ0v) is 9.98. The van der Waals surface area contributed by atoms with Crippen LogP contribution in [-0.2, 0) is 9.53 Å². The number of fused-ring (bicyclic) bond motifs is 1. The van der Waals surface area contributed by atoms with E-state index in [1.807, 2.05) is 24.3 Å². The molecule has 0 spiro atoms. The maximum atomic E-state index is 11.1. The van der Waals surface area contributed by atoms with E-state index in [-0.39, 0.29) is 0 Å². The SMILES string of the molecule is COC(=O)C(O)C(O)c1cc2ccccc2s1. The lowest BCUT2D eigenvalue weighted by atomic mass is 10.1. The van der Waals surface area contributed by atoms with Gasteiger partial charge in [-0.05, 0) is 17.5 Å².